The van der Waals surface area contributed by atoms with Crippen molar-refractivity contribution in [3.8, 4) is 17.3 Å². The predicted octanol–water partition coefficient (Wildman–Crippen LogP) is 6.51. The van der Waals surface area contributed by atoms with Crippen molar-refractivity contribution in [2.24, 2.45) is 0 Å². The van der Waals surface area contributed by atoms with Crippen molar-refractivity contribution in [1.29, 1.82) is 5.26 Å². The van der Waals surface area contributed by atoms with Gasteiger partial charge in [-0.25, -0.2) is 15.0 Å². The second-order valence-electron chi connectivity index (χ2n) is 14.3. The van der Waals surface area contributed by atoms with Gasteiger partial charge in [-0.15, -0.1) is 0 Å². The van der Waals surface area contributed by atoms with Crippen molar-refractivity contribution < 1.29 is 4.43 Å². The first-order chi connectivity index (χ1) is 21.3. The molecule has 0 radical (unpaired) electrons. The maximum absolute atomic E-state index is 13.5. The molecule has 1 aromatic carbocycles. The Kier molecular flexibility index (Phi) is 7.70. The van der Waals surface area contributed by atoms with E-state index < -0.39 is 8.32 Å². The highest BCUT2D eigenvalue weighted by molar-refractivity contribution is 6.74. The Bertz CT molecular complexity index is 1860. The molecule has 4 aromatic rings. The zero-order valence-corrected chi connectivity index (χ0v) is 28.2. The minimum atomic E-state index is -1.98. The fraction of sp³-hybridized carbons (Fsp3) is 0.441. The number of aromatic nitrogens is 5. The number of nitriles is 1. The molecule has 3 aromatic heterocycles. The number of aryl methyl sites for hydroxylation is 1. The summed E-state index contributed by atoms with van der Waals surface area (Å²) < 4.78 is 10.5. The third kappa shape index (κ3) is 6.04. The van der Waals surface area contributed by atoms with Gasteiger partial charge in [0, 0.05) is 55.0 Å². The molecule has 234 valence electrons. The summed E-state index contributed by atoms with van der Waals surface area (Å²) in [6.07, 6.45) is 9.60. The van der Waals surface area contributed by atoms with Gasteiger partial charge in [0.2, 0.25) is 5.95 Å². The number of pyridine rings is 1. The van der Waals surface area contributed by atoms with Crippen LogP contribution in [-0.2, 0) is 16.4 Å². The van der Waals surface area contributed by atoms with Gasteiger partial charge in [0.05, 0.1) is 23.5 Å². The van der Waals surface area contributed by atoms with Crippen molar-refractivity contribution in [2.45, 2.75) is 83.6 Å². The van der Waals surface area contributed by atoms with Gasteiger partial charge in [-0.3, -0.25) is 4.79 Å². The standard InChI is InChI=1S/C34H42N8O2Si/c1-22-14-28(31(43)41(18-22)19-29-36-12-13-42(29)25-8-9-25)40-32-37-11-10-27(39-32)23-15-24(17-35)30-26(16-23)34(5,20-38-30)21-44-45(6,7)33(2,3)4/h10-16,18,25,38H,8-9,19-21H2,1-7H3,(H,37,39,40)/t34-/m1/s1. The van der Waals surface area contributed by atoms with E-state index >= 15 is 0 Å². The molecule has 2 aliphatic rings. The van der Waals surface area contributed by atoms with E-state index in [1.807, 2.05) is 37.5 Å². The molecule has 6 rings (SSSR count). The lowest BCUT2D eigenvalue weighted by Crippen LogP contribution is -2.45. The second-order valence-corrected chi connectivity index (χ2v) is 19.1. The molecule has 10 nitrogen and oxygen atoms in total. The SMILES string of the molecule is Cc1cc(Nc2nccc(-c3cc(C#N)c4c(c3)[C@@](C)(CO[Si](C)(C)C(C)(C)C)CN4)n2)c(=O)n(Cc2nccn2C2CC2)c1. The van der Waals surface area contributed by atoms with E-state index in [1.54, 1.807) is 17.0 Å². The average molecular weight is 623 g/mol. The Labute approximate surface area is 265 Å². The van der Waals surface area contributed by atoms with E-state index in [1.165, 1.54) is 0 Å². The number of nitrogens with zero attached hydrogens (tertiary/aromatic N) is 6. The van der Waals surface area contributed by atoms with Crippen LogP contribution in [0.1, 0.15) is 69.1 Å². The maximum Gasteiger partial charge on any atom is 0.274 e. The molecule has 0 saturated heterocycles. The molecule has 0 spiro atoms. The maximum atomic E-state index is 13.5. The smallest absolute Gasteiger partial charge is 0.274 e. The van der Waals surface area contributed by atoms with Gasteiger partial charge in [-0.2, -0.15) is 5.26 Å². The fourth-order valence-electron chi connectivity index (χ4n) is 5.61. The van der Waals surface area contributed by atoms with Crippen molar-refractivity contribution >= 4 is 25.6 Å². The molecule has 0 unspecified atom stereocenters. The number of imidazole rings is 1. The molecule has 1 atom stereocenters. The van der Waals surface area contributed by atoms with Crippen molar-refractivity contribution in [1.82, 2.24) is 24.1 Å². The van der Waals surface area contributed by atoms with Gasteiger partial charge in [-0.1, -0.05) is 27.7 Å². The van der Waals surface area contributed by atoms with E-state index in [0.717, 1.165) is 41.0 Å². The first-order valence-corrected chi connectivity index (χ1v) is 18.5. The monoisotopic (exact) mass is 622 g/mol. The fourth-order valence-corrected chi connectivity index (χ4v) is 6.72. The van der Waals surface area contributed by atoms with Gasteiger partial charge in [0.15, 0.2) is 8.32 Å². The largest absolute Gasteiger partial charge is 0.416 e. The summed E-state index contributed by atoms with van der Waals surface area (Å²) >= 11 is 0. The summed E-state index contributed by atoms with van der Waals surface area (Å²) in [6.45, 7) is 17.0. The number of rotatable bonds is 9. The minimum Gasteiger partial charge on any atom is -0.416 e. The topological polar surface area (TPSA) is 123 Å². The molecule has 1 fully saturated rings. The summed E-state index contributed by atoms with van der Waals surface area (Å²) in [5.41, 5.74) is 4.79. The number of hydrogen-bond donors (Lipinski definition) is 2. The lowest BCUT2D eigenvalue weighted by molar-refractivity contribution is 0.220. The Hall–Kier alpha value is -4.27. The van der Waals surface area contributed by atoms with Gasteiger partial charge in [-0.05, 0) is 73.3 Å². The predicted molar refractivity (Wildman–Crippen MR) is 179 cm³/mol. The Morgan fingerprint density at radius 1 is 1.20 bits per heavy atom. The first kappa shape index (κ1) is 30.7. The van der Waals surface area contributed by atoms with Gasteiger partial charge in [0.1, 0.15) is 17.6 Å². The van der Waals surface area contributed by atoms with Crippen LogP contribution in [0, 0.1) is 18.3 Å². The zero-order chi connectivity index (χ0) is 32.1. The van der Waals surface area contributed by atoms with Crippen LogP contribution in [0.4, 0.5) is 17.3 Å². The molecular weight excluding hydrogens is 581 g/mol. The van der Waals surface area contributed by atoms with E-state index in [2.05, 4.69) is 78.1 Å². The summed E-state index contributed by atoms with van der Waals surface area (Å²) in [7, 11) is -1.98. The van der Waals surface area contributed by atoms with Crippen LogP contribution in [0.25, 0.3) is 11.3 Å². The molecule has 0 bridgehead atoms. The first-order valence-electron chi connectivity index (χ1n) is 15.6. The highest BCUT2D eigenvalue weighted by Gasteiger charge is 2.42. The Morgan fingerprint density at radius 3 is 2.69 bits per heavy atom. The van der Waals surface area contributed by atoms with E-state index in [9.17, 15) is 10.1 Å². The number of benzene rings is 1. The quantitative estimate of drug-likeness (QED) is 0.203. The molecular formula is C34H42N8O2Si. The van der Waals surface area contributed by atoms with Crippen LogP contribution in [-0.4, -0.2) is 45.6 Å². The number of nitrogens with one attached hydrogen (secondary N) is 2. The summed E-state index contributed by atoms with van der Waals surface area (Å²) in [5, 5.41) is 16.8. The molecule has 1 aliphatic heterocycles. The van der Waals surface area contributed by atoms with Gasteiger partial charge in [0.25, 0.3) is 5.56 Å². The van der Waals surface area contributed by atoms with Gasteiger partial charge < -0.3 is 24.2 Å². The molecule has 45 heavy (non-hydrogen) atoms. The third-order valence-corrected chi connectivity index (χ3v) is 14.0. The van der Waals surface area contributed by atoms with E-state index in [4.69, 9.17) is 9.41 Å². The lowest BCUT2D eigenvalue weighted by Gasteiger charge is -2.39. The summed E-state index contributed by atoms with van der Waals surface area (Å²) in [4.78, 5) is 27.3. The minimum absolute atomic E-state index is 0.0988. The van der Waals surface area contributed by atoms with Gasteiger partial charge >= 0.3 is 0 Å². The summed E-state index contributed by atoms with van der Waals surface area (Å²) in [6, 6.07) is 10.5. The Morgan fingerprint density at radius 2 is 1.98 bits per heavy atom. The van der Waals surface area contributed by atoms with E-state index in [-0.39, 0.29) is 16.0 Å². The van der Waals surface area contributed by atoms with Crippen LogP contribution in [0.2, 0.25) is 18.1 Å². The highest BCUT2D eigenvalue weighted by Crippen LogP contribution is 2.44. The highest BCUT2D eigenvalue weighted by atomic mass is 28.4. The number of hydrogen-bond acceptors (Lipinski definition) is 8. The number of fused-ring (bicyclic) bond motifs is 1. The van der Waals surface area contributed by atoms with Crippen molar-refractivity contribution in [2.75, 3.05) is 23.8 Å². The van der Waals surface area contributed by atoms with Crippen LogP contribution < -0.4 is 16.2 Å². The molecule has 1 aliphatic carbocycles. The molecule has 11 heteroatoms. The number of anilines is 3. The normalized spacial score (nSPS) is 17.9. The Balaban J connectivity index is 1.28. The average Bonchev–Trinajstić information content (AvgIpc) is 3.64. The molecule has 2 N–H and O–H groups in total. The third-order valence-electron chi connectivity index (χ3n) is 9.54. The van der Waals surface area contributed by atoms with Crippen LogP contribution >= 0.6 is 0 Å². The molecule has 1 saturated carbocycles. The van der Waals surface area contributed by atoms with Crippen LogP contribution in [0.3, 0.4) is 0 Å². The lowest BCUT2D eigenvalue weighted by atomic mass is 9.83. The van der Waals surface area contributed by atoms with Crippen LogP contribution in [0.15, 0.2) is 53.8 Å². The zero-order valence-electron chi connectivity index (χ0n) is 27.2. The second kappa shape index (κ2) is 11.3. The summed E-state index contributed by atoms with van der Waals surface area (Å²) in [5.74, 6) is 1.18. The molecule has 4 heterocycles. The van der Waals surface area contributed by atoms with Crippen molar-refractivity contribution in [3.63, 3.8) is 0 Å². The van der Waals surface area contributed by atoms with Crippen molar-refractivity contribution in [3.05, 3.63) is 81.9 Å². The van der Waals surface area contributed by atoms with Crippen LogP contribution in [0.5, 0.6) is 0 Å². The molecule has 0 amide bonds. The van der Waals surface area contributed by atoms with E-state index in [0.29, 0.717) is 48.6 Å².